The Bertz CT molecular complexity index is 636. The van der Waals surface area contributed by atoms with E-state index >= 15 is 0 Å². The molecule has 9 heteroatoms. The molecule has 7 nitrogen and oxygen atoms in total. The fourth-order valence-electron chi connectivity index (χ4n) is 1.58. The van der Waals surface area contributed by atoms with Crippen molar-refractivity contribution in [1.82, 2.24) is 0 Å². The van der Waals surface area contributed by atoms with Gasteiger partial charge in [-0.1, -0.05) is 0 Å². The predicted molar refractivity (Wildman–Crippen MR) is 64.3 cm³/mol. The fourth-order valence-corrected chi connectivity index (χ4v) is 3.31. The molecule has 1 N–H and O–H groups in total. The van der Waals surface area contributed by atoms with Crippen molar-refractivity contribution in [3.8, 4) is 0 Å². The molecule has 0 amide bonds. The average Bonchev–Trinajstić information content (AvgIpc) is 2.35. The molecule has 1 rings (SSSR count). The van der Waals surface area contributed by atoms with E-state index in [-0.39, 0.29) is 5.56 Å². The molecule has 0 heterocycles. The van der Waals surface area contributed by atoms with Crippen LogP contribution in [0.1, 0.15) is 20.7 Å². The van der Waals surface area contributed by atoms with Gasteiger partial charge in [-0.15, -0.1) is 0 Å². The molecule has 0 bridgehead atoms. The van der Waals surface area contributed by atoms with E-state index < -0.39 is 32.5 Å². The van der Waals surface area contributed by atoms with Gasteiger partial charge in [-0.3, -0.25) is 0 Å². The van der Waals surface area contributed by atoms with Crippen molar-refractivity contribution in [2.75, 3.05) is 14.2 Å². The van der Waals surface area contributed by atoms with Crippen molar-refractivity contribution in [3.63, 3.8) is 0 Å². The summed E-state index contributed by atoms with van der Waals surface area (Å²) in [6.07, 6.45) is 0. The quantitative estimate of drug-likeness (QED) is 0.446. The van der Waals surface area contributed by atoms with E-state index in [1.54, 1.807) is 0 Å². The van der Waals surface area contributed by atoms with Gasteiger partial charge in [0.1, 0.15) is 0 Å². The molecule has 19 heavy (non-hydrogen) atoms. The van der Waals surface area contributed by atoms with Gasteiger partial charge in [-0.05, 0) is 0 Å². The first kappa shape index (κ1) is 16.1. The van der Waals surface area contributed by atoms with Crippen LogP contribution in [0.2, 0.25) is 0 Å². The van der Waals surface area contributed by atoms with E-state index in [1.807, 2.05) is 0 Å². The van der Waals surface area contributed by atoms with Crippen LogP contribution in [-0.2, 0) is 19.6 Å². The number of methoxy groups -OCH3 is 2. The zero-order chi connectivity index (χ0) is 14.8. The number of hydrogen-bond acceptors (Lipinski definition) is 6. The minimum absolute atomic E-state index is 0.327. The molecule has 0 radical (unpaired) electrons. The molecular formula is C10H9NaO7S. The van der Waals surface area contributed by atoms with Gasteiger partial charge in [-0.25, -0.2) is 0 Å². The molecule has 0 fully saturated rings. The van der Waals surface area contributed by atoms with Crippen LogP contribution in [0.4, 0.5) is 0 Å². The normalized spacial score (nSPS) is 11.0. The number of carbonyl (C=O) groups is 2. The fraction of sp³-hybridized carbons (Fsp3) is 0.200. The monoisotopic (exact) mass is 296 g/mol. The van der Waals surface area contributed by atoms with Crippen LogP contribution in [0.25, 0.3) is 0 Å². The number of rotatable bonds is 3. The van der Waals surface area contributed by atoms with E-state index in [0.717, 1.165) is 14.2 Å². The van der Waals surface area contributed by atoms with Crippen LogP contribution in [0.5, 0.6) is 0 Å². The molecule has 0 saturated heterocycles. The molecule has 1 aromatic carbocycles. The summed E-state index contributed by atoms with van der Waals surface area (Å²) in [6, 6.07) is 2.60. The second-order valence-corrected chi connectivity index (χ2v) is 6.03. The first-order chi connectivity index (χ1) is 8.73. The molecule has 0 aliphatic heterocycles. The Morgan fingerprint density at radius 2 is 1.68 bits per heavy atom. The predicted octanol–water partition coefficient (Wildman–Crippen LogP) is -0.700. The van der Waals surface area contributed by atoms with Crippen LogP contribution < -0.4 is 2.81 Å². The summed E-state index contributed by atoms with van der Waals surface area (Å²) in [5.74, 6) is -1.91. The Kier molecular flexibility index (Phi) is 5.11. The van der Waals surface area contributed by atoms with Gasteiger partial charge in [0.25, 0.3) is 0 Å². The van der Waals surface area contributed by atoms with Gasteiger partial charge in [0, 0.05) is 0 Å². The summed E-state index contributed by atoms with van der Waals surface area (Å²) in [7, 11) is -2.65. The Morgan fingerprint density at radius 3 is 2.11 bits per heavy atom. The van der Waals surface area contributed by atoms with Crippen molar-refractivity contribution in [2.24, 2.45) is 0 Å². The van der Waals surface area contributed by atoms with Crippen LogP contribution in [0, 0.1) is 0 Å². The summed E-state index contributed by atoms with van der Waals surface area (Å²) in [4.78, 5) is 22.4. The Hall–Kier alpha value is -0.930. The molecule has 1 aromatic rings. The number of hydrogen-bond donors (Lipinski definition) is 1. The number of benzene rings is 1. The second-order valence-electron chi connectivity index (χ2n) is 3.59. The van der Waals surface area contributed by atoms with Gasteiger partial charge >= 0.3 is 127 Å². The topological polar surface area (TPSA) is 107 Å². The summed E-state index contributed by atoms with van der Waals surface area (Å²) < 4.78 is 41.4. The zero-order valence-corrected chi connectivity index (χ0v) is 13.3. The molecule has 0 spiro atoms. The van der Waals surface area contributed by atoms with Gasteiger partial charge in [0.05, 0.1) is 0 Å². The maximum absolute atomic E-state index is 11.6. The summed E-state index contributed by atoms with van der Waals surface area (Å²) >= 11 is 0.327. The first-order valence-corrected chi connectivity index (χ1v) is 7.45. The number of esters is 2. The minimum atomic E-state index is -4.78. The molecule has 0 unspecified atom stereocenters. The summed E-state index contributed by atoms with van der Waals surface area (Å²) in [5, 5.41) is 0. The Labute approximate surface area is 127 Å². The van der Waals surface area contributed by atoms with Crippen molar-refractivity contribution >= 4 is 52.8 Å². The van der Waals surface area contributed by atoms with E-state index in [4.69, 9.17) is 0 Å². The van der Waals surface area contributed by atoms with Gasteiger partial charge in [-0.2, -0.15) is 0 Å². The van der Waals surface area contributed by atoms with E-state index in [9.17, 15) is 22.6 Å². The summed E-state index contributed by atoms with van der Waals surface area (Å²) in [5.41, 5.74) is -0.746. The molecule has 0 atom stereocenters. The number of ether oxygens (including phenoxy) is 2. The van der Waals surface area contributed by atoms with Crippen LogP contribution in [0.15, 0.2) is 17.0 Å². The third-order valence-corrected chi connectivity index (χ3v) is 4.19. The number of carbonyl (C=O) groups excluding carboxylic acids is 2. The first-order valence-electron chi connectivity index (χ1n) is 5.01. The van der Waals surface area contributed by atoms with E-state index in [2.05, 4.69) is 9.47 Å². The second kappa shape index (κ2) is 6.02. The van der Waals surface area contributed by atoms with Crippen LogP contribution in [0.3, 0.4) is 0 Å². The van der Waals surface area contributed by atoms with Crippen molar-refractivity contribution in [2.45, 2.75) is 4.90 Å². The standard InChI is InChI=1S/C10H9O7S.Na/c1-16-9(11)6-4-3-5-7(10(12)17-2)8(6)18(13,14)15;/h3-4H,1-2H3,(H,13,14,15);. The molecule has 98 valence electrons. The van der Waals surface area contributed by atoms with Gasteiger partial charge in [0.2, 0.25) is 0 Å². The molecule has 0 saturated carbocycles. The molecule has 0 aliphatic carbocycles. The molecular weight excluding hydrogens is 287 g/mol. The maximum atomic E-state index is 11.6. The van der Waals surface area contributed by atoms with Crippen LogP contribution >= 0.6 is 0 Å². The third-order valence-electron chi connectivity index (χ3n) is 2.42. The molecule has 0 aromatic heterocycles. The molecule has 0 aliphatic rings. The Balaban J connectivity index is 3.81. The third kappa shape index (κ3) is 3.34. The summed E-state index contributed by atoms with van der Waals surface area (Å²) in [6.45, 7) is 0. The average molecular weight is 296 g/mol. The van der Waals surface area contributed by atoms with Crippen LogP contribution in [-0.4, -0.2) is 67.1 Å². The van der Waals surface area contributed by atoms with E-state index in [1.165, 1.54) is 12.1 Å². The van der Waals surface area contributed by atoms with Crippen molar-refractivity contribution < 1.29 is 32.0 Å². The van der Waals surface area contributed by atoms with Crippen molar-refractivity contribution in [1.29, 1.82) is 0 Å². The zero-order valence-electron chi connectivity index (χ0n) is 10.5. The van der Waals surface area contributed by atoms with Crippen molar-refractivity contribution in [3.05, 3.63) is 23.3 Å². The van der Waals surface area contributed by atoms with Gasteiger partial charge in [0.15, 0.2) is 0 Å². The van der Waals surface area contributed by atoms with Gasteiger partial charge < -0.3 is 0 Å². The SMILES string of the molecule is COC(=O)c1cc[c]([Na])c(C(=O)OC)c1S(=O)(=O)O. The van der Waals surface area contributed by atoms with E-state index in [0.29, 0.717) is 30.7 Å². The Morgan fingerprint density at radius 1 is 1.16 bits per heavy atom.